The molecule has 144 valence electrons. The lowest BCUT2D eigenvalue weighted by Crippen LogP contribution is -2.24. The zero-order valence-electron chi connectivity index (χ0n) is 14.9. The largest absolute Gasteiger partial charge is 0.416 e. The molecule has 0 bridgehead atoms. The Morgan fingerprint density at radius 1 is 1.07 bits per heavy atom. The molecule has 0 aliphatic rings. The molecule has 0 fully saturated rings. The molecule has 0 aliphatic carbocycles. The van der Waals surface area contributed by atoms with Crippen LogP contribution in [-0.4, -0.2) is 26.5 Å². The van der Waals surface area contributed by atoms with E-state index in [1.807, 2.05) is 0 Å². The minimum Gasteiger partial charge on any atom is -0.319 e. The number of carbonyl (C=O) groups is 2. The predicted octanol–water partition coefficient (Wildman–Crippen LogP) is 3.72. The van der Waals surface area contributed by atoms with E-state index in [2.05, 4.69) is 15.4 Å². The first-order valence-electron chi connectivity index (χ1n) is 8.18. The Morgan fingerprint density at radius 2 is 1.75 bits per heavy atom. The van der Waals surface area contributed by atoms with Gasteiger partial charge in [-0.2, -0.15) is 18.3 Å². The van der Waals surface area contributed by atoms with Gasteiger partial charge in [0.1, 0.15) is 0 Å². The van der Waals surface area contributed by atoms with Crippen molar-refractivity contribution in [2.24, 2.45) is 0 Å². The van der Waals surface area contributed by atoms with Gasteiger partial charge in [0, 0.05) is 18.1 Å². The van der Waals surface area contributed by atoms with Crippen LogP contribution in [0.2, 0.25) is 0 Å². The summed E-state index contributed by atoms with van der Waals surface area (Å²) in [5, 5.41) is 6.61. The van der Waals surface area contributed by atoms with Crippen molar-refractivity contribution in [2.45, 2.75) is 20.0 Å². The quantitative estimate of drug-likeness (QED) is 0.546. The number of amides is 1. The van der Waals surface area contributed by atoms with Crippen LogP contribution in [0.4, 0.5) is 18.9 Å². The van der Waals surface area contributed by atoms with E-state index in [0.29, 0.717) is 5.69 Å². The molecule has 9 heteroatoms. The van der Waals surface area contributed by atoms with E-state index in [0.717, 1.165) is 12.1 Å². The molecule has 0 atom stereocenters. The van der Waals surface area contributed by atoms with Gasteiger partial charge in [0.05, 0.1) is 28.2 Å². The number of benzene rings is 1. The van der Waals surface area contributed by atoms with Crippen molar-refractivity contribution in [3.63, 3.8) is 0 Å². The fourth-order valence-electron chi connectivity index (χ4n) is 2.77. The second kappa shape index (κ2) is 7.26. The number of halogens is 3. The normalized spacial score (nSPS) is 11.3. The van der Waals surface area contributed by atoms with Crippen LogP contribution < -0.4 is 5.32 Å². The number of ketones is 1. The van der Waals surface area contributed by atoms with Crippen molar-refractivity contribution in [1.82, 2.24) is 14.8 Å². The Hall–Kier alpha value is -3.49. The number of alkyl halides is 3. The molecule has 28 heavy (non-hydrogen) atoms. The number of rotatable bonds is 4. The van der Waals surface area contributed by atoms with Gasteiger partial charge in [-0.15, -0.1) is 0 Å². The van der Waals surface area contributed by atoms with E-state index < -0.39 is 23.4 Å². The van der Waals surface area contributed by atoms with Crippen molar-refractivity contribution >= 4 is 17.4 Å². The molecule has 3 aromatic rings. The molecule has 3 rings (SSSR count). The highest BCUT2D eigenvalue weighted by Crippen LogP contribution is 2.31. The SMILES string of the molecule is Cc1nn(-c2cccc(C(F)(F)F)c2)c(C)c1C(=O)C(=O)Nc1ccncc1. The molecule has 0 saturated heterocycles. The van der Waals surface area contributed by atoms with Crippen molar-refractivity contribution in [3.05, 3.63) is 71.3 Å². The summed E-state index contributed by atoms with van der Waals surface area (Å²) >= 11 is 0. The average Bonchev–Trinajstić information content (AvgIpc) is 2.95. The molecule has 0 aliphatic heterocycles. The predicted molar refractivity (Wildman–Crippen MR) is 95.2 cm³/mol. The molecular weight excluding hydrogens is 373 g/mol. The lowest BCUT2D eigenvalue weighted by Gasteiger charge is -2.10. The van der Waals surface area contributed by atoms with Gasteiger partial charge in [0.15, 0.2) is 0 Å². The summed E-state index contributed by atoms with van der Waals surface area (Å²) in [4.78, 5) is 28.7. The number of Topliss-reactive ketones (excluding diaryl/α,β-unsaturated/α-hetero) is 1. The summed E-state index contributed by atoms with van der Waals surface area (Å²) in [6.45, 7) is 3.04. The van der Waals surface area contributed by atoms with Gasteiger partial charge in [-0.25, -0.2) is 4.68 Å². The van der Waals surface area contributed by atoms with Gasteiger partial charge in [0.25, 0.3) is 11.7 Å². The molecule has 1 amide bonds. The molecule has 0 unspecified atom stereocenters. The Kier molecular flexibility index (Phi) is 5.00. The lowest BCUT2D eigenvalue weighted by molar-refractivity contribution is -0.137. The molecule has 2 aromatic heterocycles. The van der Waals surface area contributed by atoms with Crippen LogP contribution in [0.15, 0.2) is 48.8 Å². The summed E-state index contributed by atoms with van der Waals surface area (Å²) < 4.78 is 40.1. The Morgan fingerprint density at radius 3 is 2.39 bits per heavy atom. The average molecular weight is 388 g/mol. The van der Waals surface area contributed by atoms with E-state index in [9.17, 15) is 22.8 Å². The van der Waals surface area contributed by atoms with Gasteiger partial charge in [0.2, 0.25) is 0 Å². The highest BCUT2D eigenvalue weighted by Gasteiger charge is 2.31. The molecular formula is C19H15F3N4O2. The number of anilines is 1. The highest BCUT2D eigenvalue weighted by atomic mass is 19.4. The Bertz CT molecular complexity index is 1040. The number of nitrogens with zero attached hydrogens (tertiary/aromatic N) is 3. The zero-order chi connectivity index (χ0) is 20.5. The molecule has 0 saturated carbocycles. The molecule has 0 radical (unpaired) electrons. The number of carbonyl (C=O) groups excluding carboxylic acids is 2. The summed E-state index contributed by atoms with van der Waals surface area (Å²) in [7, 11) is 0. The van der Waals surface area contributed by atoms with Gasteiger partial charge >= 0.3 is 6.18 Å². The van der Waals surface area contributed by atoms with Gasteiger partial charge in [-0.3, -0.25) is 14.6 Å². The number of pyridine rings is 1. The maximum absolute atomic E-state index is 13.0. The standard InChI is InChI=1S/C19H15F3N4O2/c1-11-16(17(27)18(28)24-14-6-8-23-9-7-14)12(2)26(25-11)15-5-3-4-13(10-15)19(20,21)22/h3-10H,1-2H3,(H,23,24,28). The first-order chi connectivity index (χ1) is 13.2. The van der Waals surface area contributed by atoms with Gasteiger partial charge < -0.3 is 5.32 Å². The lowest BCUT2D eigenvalue weighted by atomic mass is 10.1. The van der Waals surface area contributed by atoms with Crippen molar-refractivity contribution in [1.29, 1.82) is 0 Å². The molecule has 1 N–H and O–H groups in total. The van der Waals surface area contributed by atoms with Crippen molar-refractivity contribution < 1.29 is 22.8 Å². The third-order valence-electron chi connectivity index (χ3n) is 4.08. The summed E-state index contributed by atoms with van der Waals surface area (Å²) in [6.07, 6.45) is -1.58. The smallest absolute Gasteiger partial charge is 0.319 e. The minimum absolute atomic E-state index is 0.0453. The molecule has 6 nitrogen and oxygen atoms in total. The van der Waals surface area contributed by atoms with Crippen molar-refractivity contribution in [3.8, 4) is 5.69 Å². The molecule has 1 aromatic carbocycles. The van der Waals surface area contributed by atoms with Crippen LogP contribution in [0, 0.1) is 13.8 Å². The van der Waals surface area contributed by atoms with E-state index in [1.54, 1.807) is 0 Å². The summed E-state index contributed by atoms with van der Waals surface area (Å²) in [6, 6.07) is 7.63. The second-order valence-corrected chi connectivity index (χ2v) is 6.02. The topological polar surface area (TPSA) is 76.9 Å². The number of hydrogen-bond donors (Lipinski definition) is 1. The summed E-state index contributed by atoms with van der Waals surface area (Å²) in [5.41, 5.74) is 0.263. The van der Waals surface area contributed by atoms with E-state index in [1.165, 1.54) is 55.2 Å². The summed E-state index contributed by atoms with van der Waals surface area (Å²) in [5.74, 6) is -1.70. The van der Waals surface area contributed by atoms with E-state index in [-0.39, 0.29) is 22.6 Å². The maximum atomic E-state index is 13.0. The highest BCUT2D eigenvalue weighted by molar-refractivity contribution is 6.47. The fraction of sp³-hybridized carbons (Fsp3) is 0.158. The first-order valence-corrected chi connectivity index (χ1v) is 8.18. The monoisotopic (exact) mass is 388 g/mol. The number of aromatic nitrogens is 3. The minimum atomic E-state index is -4.50. The number of hydrogen-bond acceptors (Lipinski definition) is 4. The number of nitrogens with one attached hydrogen (secondary N) is 1. The van der Waals surface area contributed by atoms with E-state index >= 15 is 0 Å². The third-order valence-corrected chi connectivity index (χ3v) is 4.08. The van der Waals surface area contributed by atoms with Crippen molar-refractivity contribution in [2.75, 3.05) is 5.32 Å². The zero-order valence-corrected chi connectivity index (χ0v) is 14.9. The molecule has 2 heterocycles. The van der Waals surface area contributed by atoms with Crippen LogP contribution in [0.25, 0.3) is 5.69 Å². The van der Waals surface area contributed by atoms with E-state index in [4.69, 9.17) is 0 Å². The van der Waals surface area contributed by atoms with Crippen LogP contribution in [0.1, 0.15) is 27.3 Å². The number of aryl methyl sites for hydroxylation is 1. The Balaban J connectivity index is 1.94. The van der Waals surface area contributed by atoms with Crippen LogP contribution in [0.5, 0.6) is 0 Å². The van der Waals surface area contributed by atoms with Crippen LogP contribution in [-0.2, 0) is 11.0 Å². The van der Waals surface area contributed by atoms with Crippen LogP contribution in [0.3, 0.4) is 0 Å². The van der Waals surface area contributed by atoms with Crippen LogP contribution >= 0.6 is 0 Å². The van der Waals surface area contributed by atoms with Gasteiger partial charge in [-0.05, 0) is 44.2 Å². The van der Waals surface area contributed by atoms with Gasteiger partial charge in [-0.1, -0.05) is 6.07 Å². The fourth-order valence-corrected chi connectivity index (χ4v) is 2.77. The molecule has 0 spiro atoms. The Labute approximate surface area is 158 Å². The third kappa shape index (κ3) is 3.78. The maximum Gasteiger partial charge on any atom is 0.416 e. The second-order valence-electron chi connectivity index (χ2n) is 6.02. The first kappa shape index (κ1) is 19.3.